The summed E-state index contributed by atoms with van der Waals surface area (Å²) in [5.74, 6) is 2.39. The number of fused-ring (bicyclic) bond motifs is 2. The molecule has 0 radical (unpaired) electrons. The second kappa shape index (κ2) is 26.3. The molecular weight excluding hydrogens is 695 g/mol. The van der Waals surface area contributed by atoms with E-state index in [9.17, 15) is 14.4 Å². The standard InChI is InChI=1S/C39H50N4O3.C3H4.C2H7N.2C2H6/c1-6-10-13-27(7-2)20-30-16-17-31(37(40)44)23-36(30)43-24-32(21-28(8-3)34(9-4)26(43)5)38(45)41-18-19-42-33(25-41)22-29-14-11-12-15-35(29)39(42)46;2*1-3-2;2*1-2/h8-9,11-12,14-17,21,23,26-27,33H,6-7,10,13,18-20,22,24-25H2,1-5H3,(H2,40,44);1H,2H3;3H,1-2H3;2*1-2H3/b28-8-,34-9-;;;;. The molecule has 3 aliphatic heterocycles. The summed E-state index contributed by atoms with van der Waals surface area (Å²) in [5.41, 5.74) is 13.1. The molecule has 2 aromatic rings. The lowest BCUT2D eigenvalue weighted by molar-refractivity contribution is -0.129. The molecule has 3 atom stereocenters. The van der Waals surface area contributed by atoms with Gasteiger partial charge in [-0.3, -0.25) is 14.4 Å². The van der Waals surface area contributed by atoms with Crippen LogP contribution in [-0.2, 0) is 17.6 Å². The Labute approximate surface area is 340 Å². The summed E-state index contributed by atoms with van der Waals surface area (Å²) in [6, 6.07) is 13.6. The van der Waals surface area contributed by atoms with Gasteiger partial charge in [-0.05, 0) is 107 Å². The number of piperazine rings is 1. The van der Waals surface area contributed by atoms with Crippen LogP contribution in [0.25, 0.3) is 0 Å². The van der Waals surface area contributed by atoms with Gasteiger partial charge in [0.05, 0.1) is 12.1 Å². The zero-order valence-corrected chi connectivity index (χ0v) is 36.8. The van der Waals surface area contributed by atoms with Crippen LogP contribution in [-0.4, -0.2) is 79.9 Å². The molecule has 5 rings (SSSR count). The van der Waals surface area contributed by atoms with E-state index in [4.69, 9.17) is 5.73 Å². The Bertz CT molecular complexity index is 1680. The van der Waals surface area contributed by atoms with E-state index in [-0.39, 0.29) is 23.9 Å². The number of anilines is 1. The number of rotatable bonds is 9. The minimum atomic E-state index is -0.456. The zero-order chi connectivity index (χ0) is 42.4. The van der Waals surface area contributed by atoms with E-state index in [2.05, 4.69) is 67.6 Å². The lowest BCUT2D eigenvalue weighted by Crippen LogP contribution is -2.59. The van der Waals surface area contributed by atoms with E-state index < -0.39 is 5.91 Å². The Kier molecular flexibility index (Phi) is 23.2. The highest BCUT2D eigenvalue weighted by Gasteiger charge is 2.39. The van der Waals surface area contributed by atoms with Gasteiger partial charge < -0.3 is 25.8 Å². The van der Waals surface area contributed by atoms with Gasteiger partial charge in [-0.15, -0.1) is 12.3 Å². The van der Waals surface area contributed by atoms with Gasteiger partial charge in [0.2, 0.25) is 5.91 Å². The van der Waals surface area contributed by atoms with E-state index in [0.29, 0.717) is 43.2 Å². The van der Waals surface area contributed by atoms with Gasteiger partial charge in [-0.2, -0.15) is 0 Å². The molecule has 1 fully saturated rings. The van der Waals surface area contributed by atoms with E-state index >= 15 is 0 Å². The van der Waals surface area contributed by atoms with Crippen molar-refractivity contribution < 1.29 is 14.4 Å². The SMILES string of the molecule is C#CC.C/C=C1/C=C(C(=O)N2CCN3C(=O)c4ccccc4CC3C2)CN(c2cc(C(N)=O)ccc2CC(CC)CCCC)C(C)/C1=C/C.CC.CC.CNC. The molecule has 1 saturated heterocycles. The molecule has 308 valence electrons. The van der Waals surface area contributed by atoms with Crippen molar-refractivity contribution >= 4 is 23.4 Å². The molecule has 3 heterocycles. The van der Waals surface area contributed by atoms with Gasteiger partial charge in [0.15, 0.2) is 0 Å². The maximum atomic E-state index is 14.5. The molecule has 0 spiro atoms. The van der Waals surface area contributed by atoms with Crippen molar-refractivity contribution in [2.24, 2.45) is 11.7 Å². The minimum Gasteiger partial charge on any atom is -0.366 e. The highest BCUT2D eigenvalue weighted by Crippen LogP contribution is 2.36. The van der Waals surface area contributed by atoms with Crippen molar-refractivity contribution in [1.29, 1.82) is 0 Å². The van der Waals surface area contributed by atoms with Crippen molar-refractivity contribution in [2.75, 3.05) is 45.2 Å². The number of unbranched alkanes of at least 4 members (excludes halogenated alkanes) is 1. The lowest BCUT2D eigenvalue weighted by atomic mass is 9.90. The summed E-state index contributed by atoms with van der Waals surface area (Å²) >= 11 is 0. The second-order valence-electron chi connectivity index (χ2n) is 13.8. The number of nitrogens with zero attached hydrogens (tertiary/aromatic N) is 3. The van der Waals surface area contributed by atoms with E-state index in [1.165, 1.54) is 12.0 Å². The van der Waals surface area contributed by atoms with Crippen molar-refractivity contribution in [3.05, 3.63) is 99.7 Å². The maximum Gasteiger partial charge on any atom is 0.254 e. The molecule has 0 aliphatic carbocycles. The number of nitrogens with one attached hydrogen (secondary N) is 1. The monoisotopic (exact) mass is 768 g/mol. The van der Waals surface area contributed by atoms with Crippen LogP contribution < -0.4 is 16.0 Å². The van der Waals surface area contributed by atoms with Crippen LogP contribution in [0.5, 0.6) is 0 Å². The molecular formula is C48H73N5O3. The molecule has 3 aliphatic rings. The normalized spacial score (nSPS) is 19.0. The van der Waals surface area contributed by atoms with E-state index in [1.807, 2.05) is 102 Å². The first kappa shape index (κ1) is 49.4. The van der Waals surface area contributed by atoms with Crippen LogP contribution >= 0.6 is 0 Å². The van der Waals surface area contributed by atoms with Crippen molar-refractivity contribution in [1.82, 2.24) is 15.1 Å². The van der Waals surface area contributed by atoms with Gasteiger partial charge in [0, 0.05) is 48.6 Å². The fraction of sp³-hybridized carbons (Fsp3) is 0.521. The predicted molar refractivity (Wildman–Crippen MR) is 238 cm³/mol. The van der Waals surface area contributed by atoms with Gasteiger partial charge >= 0.3 is 0 Å². The van der Waals surface area contributed by atoms with Crippen LogP contribution in [0.15, 0.2) is 77.4 Å². The number of allylic oxidation sites excluding steroid dienone is 3. The third-order valence-electron chi connectivity index (χ3n) is 10.3. The number of primary amides is 1. The molecule has 56 heavy (non-hydrogen) atoms. The van der Waals surface area contributed by atoms with Gasteiger partial charge in [-0.25, -0.2) is 0 Å². The minimum absolute atomic E-state index is 0.00171. The number of hydrogen-bond donors (Lipinski definition) is 2. The number of nitrogens with two attached hydrogens (primary N) is 1. The molecule has 0 bridgehead atoms. The first-order chi connectivity index (χ1) is 27.0. The number of benzene rings is 2. The van der Waals surface area contributed by atoms with Crippen molar-refractivity contribution in [3.63, 3.8) is 0 Å². The number of carbonyl (C=O) groups excluding carboxylic acids is 3. The largest absolute Gasteiger partial charge is 0.366 e. The average Bonchev–Trinajstić information content (AvgIpc) is 3.36. The third-order valence-corrected chi connectivity index (χ3v) is 10.3. The molecule has 0 saturated carbocycles. The summed E-state index contributed by atoms with van der Waals surface area (Å²) in [5, 5.41) is 2.75. The molecule has 2 aromatic carbocycles. The first-order valence-electron chi connectivity index (χ1n) is 20.9. The Morgan fingerprint density at radius 1 is 1.02 bits per heavy atom. The lowest BCUT2D eigenvalue weighted by Gasteiger charge is -2.44. The van der Waals surface area contributed by atoms with Crippen molar-refractivity contribution in [3.8, 4) is 12.3 Å². The fourth-order valence-electron chi connectivity index (χ4n) is 7.54. The zero-order valence-electron chi connectivity index (χ0n) is 36.8. The highest BCUT2D eigenvalue weighted by molar-refractivity contribution is 5.99. The summed E-state index contributed by atoms with van der Waals surface area (Å²) < 4.78 is 0. The van der Waals surface area contributed by atoms with Crippen LogP contribution in [0.3, 0.4) is 0 Å². The second-order valence-corrected chi connectivity index (χ2v) is 13.8. The average molecular weight is 768 g/mol. The van der Waals surface area contributed by atoms with E-state index in [0.717, 1.165) is 60.1 Å². The van der Waals surface area contributed by atoms with Crippen LogP contribution in [0.4, 0.5) is 5.69 Å². The van der Waals surface area contributed by atoms with Gasteiger partial charge in [0.25, 0.3) is 11.8 Å². The van der Waals surface area contributed by atoms with Crippen molar-refractivity contribution in [2.45, 2.75) is 120 Å². The first-order valence-corrected chi connectivity index (χ1v) is 20.9. The van der Waals surface area contributed by atoms with E-state index in [1.54, 1.807) is 6.92 Å². The molecule has 8 nitrogen and oxygen atoms in total. The number of amides is 3. The number of carbonyl (C=O) groups is 3. The smallest absolute Gasteiger partial charge is 0.254 e. The van der Waals surface area contributed by atoms with Crippen LogP contribution in [0.1, 0.15) is 127 Å². The quantitative estimate of drug-likeness (QED) is 0.248. The predicted octanol–water partition coefficient (Wildman–Crippen LogP) is 9.01. The Hall–Kier alpha value is -4.61. The molecule has 0 aromatic heterocycles. The molecule has 3 N–H and O–H groups in total. The van der Waals surface area contributed by atoms with Crippen LogP contribution in [0, 0.1) is 18.3 Å². The molecule has 8 heteroatoms. The Morgan fingerprint density at radius 2 is 1.66 bits per heavy atom. The molecule has 3 amide bonds. The maximum absolute atomic E-state index is 14.5. The Morgan fingerprint density at radius 3 is 2.23 bits per heavy atom. The fourth-order valence-corrected chi connectivity index (χ4v) is 7.54. The van der Waals surface area contributed by atoms with Gasteiger partial charge in [0.1, 0.15) is 0 Å². The topological polar surface area (TPSA) is 99.0 Å². The van der Waals surface area contributed by atoms with Gasteiger partial charge in [-0.1, -0.05) is 104 Å². The Balaban J connectivity index is 0.00000143. The molecule has 3 unspecified atom stereocenters. The third kappa shape index (κ3) is 13.0. The summed E-state index contributed by atoms with van der Waals surface area (Å²) in [6.07, 6.45) is 17.1. The summed E-state index contributed by atoms with van der Waals surface area (Å²) in [7, 11) is 3.75. The number of terminal acetylenes is 1. The summed E-state index contributed by atoms with van der Waals surface area (Å²) in [6.45, 7) is 22.3. The number of hydrogen-bond acceptors (Lipinski definition) is 5. The van der Waals surface area contributed by atoms with Crippen LogP contribution in [0.2, 0.25) is 0 Å². The highest BCUT2D eigenvalue weighted by atomic mass is 16.2. The summed E-state index contributed by atoms with van der Waals surface area (Å²) in [4.78, 5) is 46.3.